The van der Waals surface area contributed by atoms with Gasteiger partial charge in [0.15, 0.2) is 5.82 Å². The van der Waals surface area contributed by atoms with Crippen LogP contribution < -0.4 is 15.1 Å². The zero-order valence-corrected chi connectivity index (χ0v) is 14.4. The lowest BCUT2D eigenvalue weighted by Crippen LogP contribution is -2.21. The molecule has 0 aliphatic heterocycles. The highest BCUT2D eigenvalue weighted by atomic mass is 35.5. The number of hydrogen-bond acceptors (Lipinski definition) is 5. The summed E-state index contributed by atoms with van der Waals surface area (Å²) >= 11 is 6.09. The van der Waals surface area contributed by atoms with Gasteiger partial charge in [0.25, 0.3) is 0 Å². The summed E-state index contributed by atoms with van der Waals surface area (Å²) in [6.07, 6.45) is 1.81. The van der Waals surface area contributed by atoms with E-state index in [2.05, 4.69) is 15.3 Å². The highest BCUT2D eigenvalue weighted by Gasteiger charge is 2.14. The predicted molar refractivity (Wildman–Crippen MR) is 94.5 cm³/mol. The fourth-order valence-corrected chi connectivity index (χ4v) is 2.22. The molecule has 2 aromatic rings. The number of aromatic nitrogens is 2. The van der Waals surface area contributed by atoms with Crippen LogP contribution in [-0.4, -0.2) is 44.1 Å². The average molecular weight is 334 g/mol. The predicted octanol–water partition coefficient (Wildman–Crippen LogP) is 2.44. The van der Waals surface area contributed by atoms with Crippen molar-refractivity contribution in [1.82, 2.24) is 9.97 Å². The highest BCUT2D eigenvalue weighted by molar-refractivity contribution is 6.31. The number of anilines is 3. The van der Waals surface area contributed by atoms with E-state index in [1.54, 1.807) is 12.3 Å². The lowest BCUT2D eigenvalue weighted by molar-refractivity contribution is -0.115. The summed E-state index contributed by atoms with van der Waals surface area (Å²) in [5.41, 5.74) is 1.35. The van der Waals surface area contributed by atoms with Crippen LogP contribution in [0.25, 0.3) is 0 Å². The van der Waals surface area contributed by atoms with Crippen molar-refractivity contribution in [3.63, 3.8) is 0 Å². The quantitative estimate of drug-likeness (QED) is 0.910. The Labute approximate surface area is 141 Å². The molecule has 6 nitrogen and oxygen atoms in total. The van der Waals surface area contributed by atoms with Gasteiger partial charge in [-0.1, -0.05) is 29.8 Å². The largest absolute Gasteiger partial charge is 0.361 e. The number of amides is 1. The minimum absolute atomic E-state index is 0.164. The van der Waals surface area contributed by atoms with Crippen LogP contribution in [0.2, 0.25) is 5.02 Å². The van der Waals surface area contributed by atoms with Gasteiger partial charge in [0.05, 0.1) is 12.6 Å². The highest BCUT2D eigenvalue weighted by Crippen LogP contribution is 2.23. The van der Waals surface area contributed by atoms with Gasteiger partial charge in [0.2, 0.25) is 11.9 Å². The molecule has 0 fully saturated rings. The minimum Gasteiger partial charge on any atom is -0.361 e. The number of rotatable bonds is 5. The molecule has 1 aromatic carbocycles. The van der Waals surface area contributed by atoms with E-state index in [0.717, 1.165) is 5.56 Å². The second-order valence-corrected chi connectivity index (χ2v) is 5.92. The molecular formula is C16H20ClN5O. The molecule has 0 bridgehead atoms. The van der Waals surface area contributed by atoms with Gasteiger partial charge in [0, 0.05) is 33.2 Å². The van der Waals surface area contributed by atoms with Gasteiger partial charge >= 0.3 is 0 Å². The molecule has 1 aromatic heterocycles. The maximum atomic E-state index is 12.3. The third-order valence-electron chi connectivity index (χ3n) is 3.16. The average Bonchev–Trinajstić information content (AvgIpc) is 2.49. The maximum Gasteiger partial charge on any atom is 0.228 e. The third-order valence-corrected chi connectivity index (χ3v) is 3.53. The number of carbonyl (C=O) groups excluding carboxylic acids is 1. The molecule has 7 heteroatoms. The Morgan fingerprint density at radius 1 is 1.17 bits per heavy atom. The molecule has 0 spiro atoms. The van der Waals surface area contributed by atoms with Crippen molar-refractivity contribution in [3.8, 4) is 0 Å². The zero-order valence-electron chi connectivity index (χ0n) is 13.7. The Morgan fingerprint density at radius 3 is 2.48 bits per heavy atom. The molecule has 0 aliphatic rings. The van der Waals surface area contributed by atoms with E-state index >= 15 is 0 Å². The smallest absolute Gasteiger partial charge is 0.228 e. The number of carbonyl (C=O) groups is 1. The molecule has 23 heavy (non-hydrogen) atoms. The molecule has 0 aliphatic carbocycles. The second-order valence-electron chi connectivity index (χ2n) is 5.51. The van der Waals surface area contributed by atoms with E-state index in [1.807, 2.05) is 56.2 Å². The first kappa shape index (κ1) is 17.0. The summed E-state index contributed by atoms with van der Waals surface area (Å²) in [7, 11) is 7.46. The van der Waals surface area contributed by atoms with Gasteiger partial charge in [0.1, 0.15) is 5.69 Å². The Kier molecular flexibility index (Phi) is 5.39. The van der Waals surface area contributed by atoms with E-state index < -0.39 is 0 Å². The zero-order chi connectivity index (χ0) is 17.0. The standard InChI is InChI=1S/C16H20ClN5O/c1-21(2)15-13(10-18-16(20-15)22(3)4)19-14(23)9-11-7-5-6-8-12(11)17/h5-8,10H,9H2,1-4H3,(H,19,23). The van der Waals surface area contributed by atoms with Crippen LogP contribution in [0.1, 0.15) is 5.56 Å². The van der Waals surface area contributed by atoms with Crippen LogP contribution in [0, 0.1) is 0 Å². The van der Waals surface area contributed by atoms with Crippen molar-refractivity contribution >= 4 is 35.0 Å². The topological polar surface area (TPSA) is 61.4 Å². The van der Waals surface area contributed by atoms with Crippen LogP contribution in [0.3, 0.4) is 0 Å². The van der Waals surface area contributed by atoms with Crippen LogP contribution in [0.4, 0.5) is 17.5 Å². The third kappa shape index (κ3) is 4.32. The number of halogens is 1. The van der Waals surface area contributed by atoms with Crippen LogP contribution >= 0.6 is 11.6 Å². The number of hydrogen-bond donors (Lipinski definition) is 1. The van der Waals surface area contributed by atoms with E-state index in [9.17, 15) is 4.79 Å². The second kappa shape index (κ2) is 7.28. The van der Waals surface area contributed by atoms with Crippen LogP contribution in [0.15, 0.2) is 30.5 Å². The first-order valence-electron chi connectivity index (χ1n) is 7.13. The van der Waals surface area contributed by atoms with Gasteiger partial charge in [-0.2, -0.15) is 4.98 Å². The fraction of sp³-hybridized carbons (Fsp3) is 0.312. The molecule has 1 N–H and O–H groups in total. The van der Waals surface area contributed by atoms with E-state index in [-0.39, 0.29) is 12.3 Å². The fourth-order valence-electron chi connectivity index (χ4n) is 2.02. The Hall–Kier alpha value is -2.34. The van der Waals surface area contributed by atoms with Gasteiger partial charge in [-0.05, 0) is 11.6 Å². The van der Waals surface area contributed by atoms with Gasteiger partial charge < -0.3 is 15.1 Å². The Morgan fingerprint density at radius 2 is 1.87 bits per heavy atom. The molecule has 0 unspecified atom stereocenters. The molecule has 0 atom stereocenters. The summed E-state index contributed by atoms with van der Waals surface area (Å²) < 4.78 is 0. The van der Waals surface area contributed by atoms with Crippen molar-refractivity contribution in [2.75, 3.05) is 43.3 Å². The van der Waals surface area contributed by atoms with Crippen molar-refractivity contribution in [3.05, 3.63) is 41.0 Å². The minimum atomic E-state index is -0.164. The summed E-state index contributed by atoms with van der Waals surface area (Å²) in [6, 6.07) is 7.29. The number of benzene rings is 1. The van der Waals surface area contributed by atoms with Crippen molar-refractivity contribution < 1.29 is 4.79 Å². The van der Waals surface area contributed by atoms with E-state index in [4.69, 9.17) is 11.6 Å². The van der Waals surface area contributed by atoms with E-state index in [1.165, 1.54) is 0 Å². The van der Waals surface area contributed by atoms with Crippen LogP contribution in [-0.2, 0) is 11.2 Å². The lowest BCUT2D eigenvalue weighted by atomic mass is 10.1. The molecule has 0 radical (unpaired) electrons. The number of nitrogens with zero attached hydrogens (tertiary/aromatic N) is 4. The van der Waals surface area contributed by atoms with Crippen molar-refractivity contribution in [2.24, 2.45) is 0 Å². The van der Waals surface area contributed by atoms with Crippen LogP contribution in [0.5, 0.6) is 0 Å². The summed E-state index contributed by atoms with van der Waals surface area (Å²) in [5.74, 6) is 1.07. The molecule has 122 valence electrons. The lowest BCUT2D eigenvalue weighted by Gasteiger charge is -2.19. The molecular weight excluding hydrogens is 314 g/mol. The maximum absolute atomic E-state index is 12.3. The Balaban J connectivity index is 2.19. The first-order chi connectivity index (χ1) is 10.9. The molecule has 0 saturated carbocycles. The SMILES string of the molecule is CN(C)c1ncc(NC(=O)Cc2ccccc2Cl)c(N(C)C)n1. The summed E-state index contributed by atoms with van der Waals surface area (Å²) in [5, 5.41) is 3.43. The Bertz CT molecular complexity index is 703. The number of nitrogens with one attached hydrogen (secondary N) is 1. The summed E-state index contributed by atoms with van der Waals surface area (Å²) in [6.45, 7) is 0. The van der Waals surface area contributed by atoms with E-state index in [0.29, 0.717) is 22.5 Å². The normalized spacial score (nSPS) is 10.3. The molecule has 0 saturated heterocycles. The summed E-state index contributed by atoms with van der Waals surface area (Å²) in [4.78, 5) is 24.6. The van der Waals surface area contributed by atoms with Crippen molar-refractivity contribution in [2.45, 2.75) is 6.42 Å². The van der Waals surface area contributed by atoms with Crippen molar-refractivity contribution in [1.29, 1.82) is 0 Å². The molecule has 2 rings (SSSR count). The first-order valence-corrected chi connectivity index (χ1v) is 7.51. The van der Waals surface area contributed by atoms with Gasteiger partial charge in [-0.25, -0.2) is 4.98 Å². The molecule has 1 heterocycles. The van der Waals surface area contributed by atoms with Gasteiger partial charge in [-0.15, -0.1) is 0 Å². The molecule has 1 amide bonds. The van der Waals surface area contributed by atoms with Gasteiger partial charge in [-0.3, -0.25) is 4.79 Å². The monoisotopic (exact) mass is 333 g/mol.